The Morgan fingerprint density at radius 1 is 1.25 bits per heavy atom. The second-order valence-electron chi connectivity index (χ2n) is 5.75. The Labute approximate surface area is 124 Å². The molecule has 0 saturated carbocycles. The number of benzene rings is 1. The number of likely N-dealkylation sites (tertiary alicyclic amines) is 1. The lowest BCUT2D eigenvalue weighted by molar-refractivity contribution is 0.270. The smallest absolute Gasteiger partial charge is 0.0364 e. The molecule has 1 atom stereocenters. The number of likely N-dealkylation sites (N-methyl/N-ethyl adjacent to an activating group) is 2. The molecule has 0 aromatic heterocycles. The van der Waals surface area contributed by atoms with Crippen molar-refractivity contribution in [2.75, 3.05) is 38.1 Å². The summed E-state index contributed by atoms with van der Waals surface area (Å²) >= 11 is 0. The first-order chi connectivity index (χ1) is 9.74. The summed E-state index contributed by atoms with van der Waals surface area (Å²) in [6, 6.07) is 9.70. The molecule has 112 valence electrons. The topological polar surface area (TPSA) is 18.5 Å². The average molecular weight is 275 g/mol. The van der Waals surface area contributed by atoms with Gasteiger partial charge in [-0.2, -0.15) is 0 Å². The van der Waals surface area contributed by atoms with E-state index in [0.29, 0.717) is 0 Å². The van der Waals surface area contributed by atoms with E-state index in [9.17, 15) is 0 Å². The predicted octanol–water partition coefficient (Wildman–Crippen LogP) is 2.72. The molecule has 1 heterocycles. The third kappa shape index (κ3) is 3.97. The molecule has 3 nitrogen and oxygen atoms in total. The predicted molar refractivity (Wildman–Crippen MR) is 87.4 cm³/mol. The van der Waals surface area contributed by atoms with Crippen LogP contribution >= 0.6 is 0 Å². The third-order valence-electron chi connectivity index (χ3n) is 4.35. The van der Waals surface area contributed by atoms with Crippen LogP contribution in [-0.4, -0.2) is 44.2 Å². The van der Waals surface area contributed by atoms with Gasteiger partial charge in [0.25, 0.3) is 0 Å². The molecule has 0 spiro atoms. The molecule has 1 aliphatic rings. The van der Waals surface area contributed by atoms with Crippen LogP contribution in [0.15, 0.2) is 24.3 Å². The van der Waals surface area contributed by atoms with Gasteiger partial charge >= 0.3 is 0 Å². The van der Waals surface area contributed by atoms with Gasteiger partial charge in [-0.15, -0.1) is 0 Å². The van der Waals surface area contributed by atoms with E-state index in [-0.39, 0.29) is 0 Å². The van der Waals surface area contributed by atoms with Crippen molar-refractivity contribution in [1.82, 2.24) is 10.2 Å². The van der Waals surface area contributed by atoms with Crippen LogP contribution in [0.3, 0.4) is 0 Å². The Bertz CT molecular complexity index is 388. The number of nitrogens with one attached hydrogen (secondary N) is 1. The van der Waals surface area contributed by atoms with Gasteiger partial charge in [0.05, 0.1) is 0 Å². The molecule has 1 aliphatic heterocycles. The summed E-state index contributed by atoms with van der Waals surface area (Å²) in [5.74, 6) is 0. The van der Waals surface area contributed by atoms with Crippen molar-refractivity contribution in [1.29, 1.82) is 0 Å². The Morgan fingerprint density at radius 2 is 2.00 bits per heavy atom. The summed E-state index contributed by atoms with van der Waals surface area (Å²) < 4.78 is 0. The molecule has 0 bridgehead atoms. The summed E-state index contributed by atoms with van der Waals surface area (Å²) in [6.07, 6.45) is 2.70. The zero-order valence-electron chi connectivity index (χ0n) is 13.2. The van der Waals surface area contributed by atoms with Crippen molar-refractivity contribution in [2.45, 2.75) is 39.3 Å². The molecule has 0 aliphatic carbocycles. The zero-order chi connectivity index (χ0) is 14.4. The van der Waals surface area contributed by atoms with Crippen molar-refractivity contribution < 1.29 is 0 Å². The van der Waals surface area contributed by atoms with Gasteiger partial charge in [0, 0.05) is 31.9 Å². The van der Waals surface area contributed by atoms with E-state index in [1.54, 1.807) is 0 Å². The Kier molecular flexibility index (Phi) is 5.86. The van der Waals surface area contributed by atoms with Gasteiger partial charge in [0.1, 0.15) is 0 Å². The van der Waals surface area contributed by atoms with Crippen LogP contribution in [0.5, 0.6) is 0 Å². The van der Waals surface area contributed by atoms with Crippen LogP contribution in [0.4, 0.5) is 5.69 Å². The Morgan fingerprint density at radius 3 is 2.65 bits per heavy atom. The highest BCUT2D eigenvalue weighted by Crippen LogP contribution is 2.20. The SMILES string of the molecule is CCNCc1ccc(N(C)CC2CCCN2CC)cc1. The van der Waals surface area contributed by atoms with Gasteiger partial charge in [-0.1, -0.05) is 26.0 Å². The van der Waals surface area contributed by atoms with Crippen LogP contribution in [-0.2, 0) is 6.54 Å². The Hall–Kier alpha value is -1.06. The monoisotopic (exact) mass is 275 g/mol. The van der Waals surface area contributed by atoms with E-state index in [1.807, 2.05) is 0 Å². The van der Waals surface area contributed by atoms with E-state index in [0.717, 1.165) is 25.7 Å². The van der Waals surface area contributed by atoms with Gasteiger partial charge in [0.2, 0.25) is 0 Å². The van der Waals surface area contributed by atoms with Gasteiger partial charge in [-0.3, -0.25) is 4.90 Å². The fourth-order valence-electron chi connectivity index (χ4n) is 3.08. The quantitative estimate of drug-likeness (QED) is 0.825. The van der Waals surface area contributed by atoms with Crippen molar-refractivity contribution in [3.8, 4) is 0 Å². The minimum Gasteiger partial charge on any atom is -0.373 e. The number of hydrogen-bond acceptors (Lipinski definition) is 3. The molecule has 1 aromatic rings. The molecule has 1 fully saturated rings. The first kappa shape index (κ1) is 15.3. The molecule has 0 amide bonds. The van der Waals surface area contributed by atoms with Crippen molar-refractivity contribution in [2.24, 2.45) is 0 Å². The highest BCUT2D eigenvalue weighted by Gasteiger charge is 2.23. The fourth-order valence-corrected chi connectivity index (χ4v) is 3.08. The Balaban J connectivity index is 1.90. The maximum atomic E-state index is 3.37. The molecule has 3 heteroatoms. The largest absolute Gasteiger partial charge is 0.373 e. The first-order valence-corrected chi connectivity index (χ1v) is 7.99. The molecule has 1 aromatic carbocycles. The van der Waals surface area contributed by atoms with Gasteiger partial charge in [-0.25, -0.2) is 0 Å². The minimum absolute atomic E-state index is 0.728. The molecule has 20 heavy (non-hydrogen) atoms. The van der Waals surface area contributed by atoms with Crippen LogP contribution in [0.2, 0.25) is 0 Å². The summed E-state index contributed by atoms with van der Waals surface area (Å²) in [5.41, 5.74) is 2.69. The standard InChI is InChI=1S/C17H29N3/c1-4-18-13-15-8-10-16(11-9-15)19(3)14-17-7-6-12-20(17)5-2/h8-11,17-18H,4-7,12-14H2,1-3H3. The average Bonchev–Trinajstić information content (AvgIpc) is 2.92. The zero-order valence-corrected chi connectivity index (χ0v) is 13.2. The van der Waals surface area contributed by atoms with E-state index in [2.05, 4.69) is 60.3 Å². The molecule has 0 radical (unpaired) electrons. The summed E-state index contributed by atoms with van der Waals surface area (Å²) in [4.78, 5) is 5.01. The van der Waals surface area contributed by atoms with Crippen LogP contribution in [0, 0.1) is 0 Å². The van der Waals surface area contributed by atoms with Gasteiger partial charge < -0.3 is 10.2 Å². The molecule has 2 rings (SSSR count). The van der Waals surface area contributed by atoms with Crippen LogP contribution in [0.25, 0.3) is 0 Å². The maximum Gasteiger partial charge on any atom is 0.0364 e. The van der Waals surface area contributed by atoms with Crippen molar-refractivity contribution in [3.63, 3.8) is 0 Å². The summed E-state index contributed by atoms with van der Waals surface area (Å²) in [5, 5.41) is 3.37. The molecular weight excluding hydrogens is 246 g/mol. The molecule has 1 unspecified atom stereocenters. The van der Waals surface area contributed by atoms with E-state index < -0.39 is 0 Å². The molecule has 1 saturated heterocycles. The lowest BCUT2D eigenvalue weighted by atomic mass is 10.1. The van der Waals surface area contributed by atoms with E-state index in [4.69, 9.17) is 0 Å². The van der Waals surface area contributed by atoms with E-state index in [1.165, 1.54) is 37.2 Å². The first-order valence-electron chi connectivity index (χ1n) is 7.99. The van der Waals surface area contributed by atoms with Gasteiger partial charge in [-0.05, 0) is 50.2 Å². The van der Waals surface area contributed by atoms with Crippen molar-refractivity contribution >= 4 is 5.69 Å². The summed E-state index contributed by atoms with van der Waals surface area (Å²) in [7, 11) is 2.21. The lowest BCUT2D eigenvalue weighted by Crippen LogP contribution is -2.38. The van der Waals surface area contributed by atoms with Gasteiger partial charge in [0.15, 0.2) is 0 Å². The van der Waals surface area contributed by atoms with Crippen molar-refractivity contribution in [3.05, 3.63) is 29.8 Å². The second kappa shape index (κ2) is 7.65. The van der Waals surface area contributed by atoms with Crippen LogP contribution in [0.1, 0.15) is 32.3 Å². The van der Waals surface area contributed by atoms with Crippen LogP contribution < -0.4 is 10.2 Å². The highest BCUT2D eigenvalue weighted by molar-refractivity contribution is 5.47. The van der Waals surface area contributed by atoms with E-state index >= 15 is 0 Å². The lowest BCUT2D eigenvalue weighted by Gasteiger charge is -2.29. The molecular formula is C17H29N3. The third-order valence-corrected chi connectivity index (χ3v) is 4.35. The number of nitrogens with zero attached hydrogens (tertiary/aromatic N) is 2. The highest BCUT2D eigenvalue weighted by atomic mass is 15.2. The number of hydrogen-bond donors (Lipinski definition) is 1. The normalized spacial score (nSPS) is 19.4. The minimum atomic E-state index is 0.728. The second-order valence-corrected chi connectivity index (χ2v) is 5.75. The molecule has 1 N–H and O–H groups in total. The number of anilines is 1. The summed E-state index contributed by atoms with van der Waals surface area (Å²) in [6.45, 7) is 10.00. The maximum absolute atomic E-state index is 3.37. The fraction of sp³-hybridized carbons (Fsp3) is 0.647. The number of rotatable bonds is 7.